The molecule has 2 rings (SSSR count). The Kier molecular flexibility index (Phi) is 2.93. The van der Waals surface area contributed by atoms with Crippen LogP contribution in [-0.2, 0) is 0 Å². The fourth-order valence-corrected chi connectivity index (χ4v) is 2.66. The first-order chi connectivity index (χ1) is 6.81. The van der Waals surface area contributed by atoms with E-state index in [1.165, 1.54) is 6.07 Å². The van der Waals surface area contributed by atoms with Crippen LogP contribution in [0.5, 0.6) is 0 Å². The van der Waals surface area contributed by atoms with Gasteiger partial charge >= 0.3 is 0 Å². The van der Waals surface area contributed by atoms with Crippen LogP contribution in [-0.4, -0.2) is 18.3 Å². The van der Waals surface area contributed by atoms with E-state index in [0.717, 1.165) is 17.1 Å². The van der Waals surface area contributed by atoms with Crippen molar-refractivity contribution >= 4 is 17.4 Å². The molecule has 1 atom stereocenters. The largest absolute Gasteiger partial charge is 0.378 e. The van der Waals surface area contributed by atoms with Gasteiger partial charge in [-0.25, -0.2) is 4.39 Å². The first-order valence-corrected chi connectivity index (χ1v) is 5.67. The van der Waals surface area contributed by atoms with Gasteiger partial charge in [-0.05, 0) is 25.1 Å². The van der Waals surface area contributed by atoms with Crippen LogP contribution in [0.1, 0.15) is 6.42 Å². The SMILES string of the molecule is NCCC1CSc2cccc(F)c2N1. The molecular weight excluding hydrogens is 199 g/mol. The third-order valence-corrected chi connectivity index (χ3v) is 3.50. The van der Waals surface area contributed by atoms with Gasteiger partial charge in [-0.3, -0.25) is 0 Å². The Hall–Kier alpha value is -0.740. The zero-order valence-corrected chi connectivity index (χ0v) is 8.61. The molecule has 0 radical (unpaired) electrons. The van der Waals surface area contributed by atoms with E-state index in [1.54, 1.807) is 17.8 Å². The van der Waals surface area contributed by atoms with Crippen LogP contribution in [0.25, 0.3) is 0 Å². The average molecular weight is 212 g/mol. The van der Waals surface area contributed by atoms with E-state index < -0.39 is 0 Å². The number of halogens is 1. The number of hydrogen-bond acceptors (Lipinski definition) is 3. The minimum atomic E-state index is -0.170. The lowest BCUT2D eigenvalue weighted by Crippen LogP contribution is -2.29. The minimum absolute atomic E-state index is 0.170. The van der Waals surface area contributed by atoms with Gasteiger partial charge in [0.15, 0.2) is 0 Å². The van der Waals surface area contributed by atoms with Crippen molar-refractivity contribution in [1.29, 1.82) is 0 Å². The molecule has 1 aromatic carbocycles. The van der Waals surface area contributed by atoms with Gasteiger partial charge in [-0.2, -0.15) is 0 Å². The van der Waals surface area contributed by atoms with E-state index in [9.17, 15) is 4.39 Å². The molecule has 14 heavy (non-hydrogen) atoms. The van der Waals surface area contributed by atoms with Gasteiger partial charge in [0.1, 0.15) is 5.82 Å². The van der Waals surface area contributed by atoms with Gasteiger partial charge in [-0.15, -0.1) is 11.8 Å². The maximum absolute atomic E-state index is 13.4. The summed E-state index contributed by atoms with van der Waals surface area (Å²) in [5, 5.41) is 3.19. The van der Waals surface area contributed by atoms with Crippen molar-refractivity contribution in [3.05, 3.63) is 24.0 Å². The standard InChI is InChI=1S/C10H13FN2S/c11-8-2-1-3-9-10(8)13-7(4-5-12)6-14-9/h1-3,7,13H,4-6,12H2. The monoisotopic (exact) mass is 212 g/mol. The van der Waals surface area contributed by atoms with Gasteiger partial charge in [0, 0.05) is 16.7 Å². The zero-order valence-electron chi connectivity index (χ0n) is 7.79. The number of rotatable bonds is 2. The average Bonchev–Trinajstić information content (AvgIpc) is 2.20. The third kappa shape index (κ3) is 1.86. The number of hydrogen-bond donors (Lipinski definition) is 2. The molecule has 0 fully saturated rings. The molecule has 1 aliphatic rings. The zero-order chi connectivity index (χ0) is 9.97. The summed E-state index contributed by atoms with van der Waals surface area (Å²) >= 11 is 1.69. The molecule has 0 amide bonds. The Morgan fingerprint density at radius 2 is 2.43 bits per heavy atom. The number of fused-ring (bicyclic) bond motifs is 1. The summed E-state index contributed by atoms with van der Waals surface area (Å²) in [5.74, 6) is 0.796. The highest BCUT2D eigenvalue weighted by Gasteiger charge is 2.19. The maximum Gasteiger partial charge on any atom is 0.147 e. The second kappa shape index (κ2) is 4.19. The quantitative estimate of drug-likeness (QED) is 0.788. The molecule has 0 aliphatic carbocycles. The summed E-state index contributed by atoms with van der Waals surface area (Å²) in [4.78, 5) is 0.998. The molecule has 1 heterocycles. The molecule has 4 heteroatoms. The summed E-state index contributed by atoms with van der Waals surface area (Å²) in [6, 6.07) is 5.47. The van der Waals surface area contributed by atoms with Gasteiger partial charge in [0.2, 0.25) is 0 Å². The van der Waals surface area contributed by atoms with Crippen molar-refractivity contribution < 1.29 is 4.39 Å². The number of nitrogens with one attached hydrogen (secondary N) is 1. The van der Waals surface area contributed by atoms with E-state index >= 15 is 0 Å². The predicted molar refractivity (Wildman–Crippen MR) is 58.2 cm³/mol. The summed E-state index contributed by atoms with van der Waals surface area (Å²) in [7, 11) is 0. The van der Waals surface area contributed by atoms with Gasteiger partial charge < -0.3 is 11.1 Å². The highest BCUT2D eigenvalue weighted by atomic mass is 32.2. The van der Waals surface area contributed by atoms with E-state index in [0.29, 0.717) is 18.3 Å². The summed E-state index contributed by atoms with van der Waals surface area (Å²) in [6.45, 7) is 0.641. The van der Waals surface area contributed by atoms with E-state index in [2.05, 4.69) is 5.32 Å². The molecule has 0 spiro atoms. The molecular formula is C10H13FN2S. The Bertz CT molecular complexity index is 330. The van der Waals surface area contributed by atoms with Gasteiger partial charge in [-0.1, -0.05) is 6.07 Å². The fraction of sp³-hybridized carbons (Fsp3) is 0.400. The lowest BCUT2D eigenvalue weighted by atomic mass is 10.2. The Morgan fingerprint density at radius 1 is 1.57 bits per heavy atom. The lowest BCUT2D eigenvalue weighted by molar-refractivity contribution is 0.617. The highest BCUT2D eigenvalue weighted by Crippen LogP contribution is 2.35. The molecule has 3 N–H and O–H groups in total. The van der Waals surface area contributed by atoms with Crippen LogP contribution >= 0.6 is 11.8 Å². The van der Waals surface area contributed by atoms with Crippen molar-refractivity contribution in [1.82, 2.24) is 0 Å². The van der Waals surface area contributed by atoms with Crippen molar-refractivity contribution in [2.75, 3.05) is 17.6 Å². The Labute approximate surface area is 87.1 Å². The first kappa shape index (κ1) is 9.80. The lowest BCUT2D eigenvalue weighted by Gasteiger charge is -2.26. The number of para-hydroxylation sites is 1. The fourth-order valence-electron chi connectivity index (χ4n) is 1.56. The second-order valence-electron chi connectivity index (χ2n) is 3.34. The topological polar surface area (TPSA) is 38.0 Å². The van der Waals surface area contributed by atoms with Crippen molar-refractivity contribution in [2.45, 2.75) is 17.4 Å². The highest BCUT2D eigenvalue weighted by molar-refractivity contribution is 7.99. The minimum Gasteiger partial charge on any atom is -0.378 e. The molecule has 1 aromatic rings. The van der Waals surface area contributed by atoms with Crippen LogP contribution < -0.4 is 11.1 Å². The molecule has 76 valence electrons. The second-order valence-corrected chi connectivity index (χ2v) is 4.40. The van der Waals surface area contributed by atoms with Crippen LogP contribution in [0.3, 0.4) is 0 Å². The first-order valence-electron chi connectivity index (χ1n) is 4.69. The molecule has 0 saturated heterocycles. The third-order valence-electron chi connectivity index (χ3n) is 2.28. The summed E-state index contributed by atoms with van der Waals surface area (Å²) in [5.41, 5.74) is 6.12. The normalized spacial score (nSPS) is 20.0. The molecule has 0 aromatic heterocycles. The van der Waals surface area contributed by atoms with E-state index in [-0.39, 0.29) is 5.82 Å². The predicted octanol–water partition coefficient (Wildman–Crippen LogP) is 2.06. The van der Waals surface area contributed by atoms with Crippen molar-refractivity contribution in [2.24, 2.45) is 5.73 Å². The molecule has 1 unspecified atom stereocenters. The van der Waals surface area contributed by atoms with Crippen molar-refractivity contribution in [3.63, 3.8) is 0 Å². The van der Waals surface area contributed by atoms with Crippen molar-refractivity contribution in [3.8, 4) is 0 Å². The molecule has 1 aliphatic heterocycles. The molecule has 2 nitrogen and oxygen atoms in total. The van der Waals surface area contributed by atoms with Crippen LogP contribution in [0.15, 0.2) is 23.1 Å². The Balaban J connectivity index is 2.20. The Morgan fingerprint density at radius 3 is 3.21 bits per heavy atom. The van der Waals surface area contributed by atoms with Gasteiger partial charge in [0.05, 0.1) is 5.69 Å². The smallest absolute Gasteiger partial charge is 0.147 e. The summed E-state index contributed by atoms with van der Waals surface area (Å²) in [6.07, 6.45) is 0.890. The van der Waals surface area contributed by atoms with Crippen LogP contribution in [0.2, 0.25) is 0 Å². The number of nitrogens with two attached hydrogens (primary N) is 1. The molecule has 0 bridgehead atoms. The van der Waals surface area contributed by atoms with Gasteiger partial charge in [0.25, 0.3) is 0 Å². The number of benzene rings is 1. The summed E-state index contributed by atoms with van der Waals surface area (Å²) < 4.78 is 13.4. The van der Waals surface area contributed by atoms with Crippen LogP contribution in [0.4, 0.5) is 10.1 Å². The van der Waals surface area contributed by atoms with E-state index in [4.69, 9.17) is 5.73 Å². The number of thioether (sulfide) groups is 1. The van der Waals surface area contributed by atoms with E-state index in [1.807, 2.05) is 6.07 Å². The number of anilines is 1. The maximum atomic E-state index is 13.4. The molecule has 0 saturated carbocycles. The van der Waals surface area contributed by atoms with Crippen LogP contribution in [0, 0.1) is 5.82 Å².